The van der Waals surface area contributed by atoms with Gasteiger partial charge in [0.2, 0.25) is 0 Å². The third-order valence-corrected chi connectivity index (χ3v) is 7.07. The molecule has 1 N–H and O–H groups in total. The number of hydrogen-bond acceptors (Lipinski definition) is 5. The number of para-hydroxylation sites is 1. The van der Waals surface area contributed by atoms with Crippen LogP contribution in [0.5, 0.6) is 11.5 Å². The fourth-order valence-corrected chi connectivity index (χ4v) is 4.95. The van der Waals surface area contributed by atoms with Gasteiger partial charge in [-0.05, 0) is 77.2 Å². The van der Waals surface area contributed by atoms with Crippen molar-refractivity contribution in [3.63, 3.8) is 0 Å². The molecule has 6 heteroatoms. The lowest BCUT2D eigenvalue weighted by Gasteiger charge is -2.32. The number of piperidine rings is 1. The fourth-order valence-electron chi connectivity index (χ4n) is 4.95. The minimum Gasteiger partial charge on any atom is -0.457 e. The van der Waals surface area contributed by atoms with Gasteiger partial charge in [-0.3, -0.25) is 9.69 Å². The second-order valence-corrected chi connectivity index (χ2v) is 10.0. The Morgan fingerprint density at radius 1 is 0.821 bits per heavy atom. The first kappa shape index (κ1) is 26.9. The lowest BCUT2D eigenvalue weighted by Crippen LogP contribution is -2.44. The van der Waals surface area contributed by atoms with Crippen LogP contribution in [0.1, 0.15) is 34.3 Å². The number of fused-ring (bicyclic) bond motifs is 1. The summed E-state index contributed by atoms with van der Waals surface area (Å²) in [5, 5.41) is 5.70. The smallest absolute Gasteiger partial charge is 0.251 e. The van der Waals surface area contributed by atoms with Crippen molar-refractivity contribution < 1.29 is 19.0 Å². The van der Waals surface area contributed by atoms with Gasteiger partial charge in [0.15, 0.2) is 0 Å². The van der Waals surface area contributed by atoms with Gasteiger partial charge in [-0.15, -0.1) is 0 Å². The molecule has 4 aromatic carbocycles. The molecular formula is C33H36N2O4. The largest absolute Gasteiger partial charge is 0.457 e. The van der Waals surface area contributed by atoms with Crippen LogP contribution < -0.4 is 10.1 Å². The summed E-state index contributed by atoms with van der Waals surface area (Å²) >= 11 is 0. The molecule has 4 aromatic rings. The predicted molar refractivity (Wildman–Crippen MR) is 154 cm³/mol. The maximum Gasteiger partial charge on any atom is 0.251 e. The van der Waals surface area contributed by atoms with E-state index in [0.717, 1.165) is 38.2 Å². The monoisotopic (exact) mass is 524 g/mol. The van der Waals surface area contributed by atoms with Crippen molar-refractivity contribution in [3.8, 4) is 11.5 Å². The Labute approximate surface area is 230 Å². The van der Waals surface area contributed by atoms with Gasteiger partial charge >= 0.3 is 0 Å². The van der Waals surface area contributed by atoms with E-state index in [0.29, 0.717) is 31.1 Å². The Morgan fingerprint density at radius 2 is 1.56 bits per heavy atom. The number of nitrogens with one attached hydrogen (secondary N) is 1. The van der Waals surface area contributed by atoms with Gasteiger partial charge in [0.1, 0.15) is 11.5 Å². The summed E-state index contributed by atoms with van der Waals surface area (Å²) in [5.74, 6) is 1.36. The van der Waals surface area contributed by atoms with Crippen molar-refractivity contribution in [3.05, 3.63) is 108 Å². The van der Waals surface area contributed by atoms with E-state index in [1.54, 1.807) is 13.2 Å². The van der Waals surface area contributed by atoms with Gasteiger partial charge in [-0.2, -0.15) is 0 Å². The minimum absolute atomic E-state index is 0.0523. The molecule has 1 fully saturated rings. The van der Waals surface area contributed by atoms with Gasteiger partial charge in [-0.25, -0.2) is 0 Å². The van der Waals surface area contributed by atoms with E-state index >= 15 is 0 Å². The molecule has 0 atom stereocenters. The predicted octanol–water partition coefficient (Wildman–Crippen LogP) is 6.19. The molecule has 0 aliphatic carbocycles. The van der Waals surface area contributed by atoms with E-state index < -0.39 is 0 Å². The quantitative estimate of drug-likeness (QED) is 0.237. The number of carbonyl (C=O) groups excluding carboxylic acids is 1. The maximum atomic E-state index is 12.9. The van der Waals surface area contributed by atoms with Crippen LogP contribution in [-0.2, 0) is 22.6 Å². The first-order valence-corrected chi connectivity index (χ1v) is 13.6. The highest BCUT2D eigenvalue weighted by molar-refractivity contribution is 5.94. The first-order chi connectivity index (χ1) is 19.2. The van der Waals surface area contributed by atoms with Crippen LogP contribution in [0.2, 0.25) is 0 Å². The molecule has 0 unspecified atom stereocenters. The van der Waals surface area contributed by atoms with Crippen LogP contribution in [0.25, 0.3) is 10.8 Å². The normalized spacial score (nSPS) is 14.4. The minimum atomic E-state index is -0.0523. The Hall–Kier alpha value is -3.71. The molecule has 6 nitrogen and oxygen atoms in total. The second kappa shape index (κ2) is 13.4. The molecular weight excluding hydrogens is 488 g/mol. The molecule has 0 saturated carbocycles. The standard InChI is InChI=1S/C33H36N2O4/c1-37-18-19-38-24-26-11-13-27-12-10-25(20-29(27)21-26)23-35-16-14-30(15-17-35)34-33(36)28-6-5-9-32(22-28)39-31-7-3-2-4-8-31/h2-13,20-22,30H,14-19,23-24H2,1H3,(H,34,36). The zero-order valence-electron chi connectivity index (χ0n) is 22.5. The number of likely N-dealkylation sites (tertiary alicyclic amines) is 1. The number of amides is 1. The topological polar surface area (TPSA) is 60.0 Å². The van der Waals surface area contributed by atoms with Crippen LogP contribution >= 0.6 is 0 Å². The number of nitrogens with zero attached hydrogens (tertiary/aromatic N) is 1. The SMILES string of the molecule is COCCOCc1ccc2ccc(CN3CCC(NC(=O)c4cccc(Oc5ccccc5)c4)CC3)cc2c1. The van der Waals surface area contributed by atoms with Crippen molar-refractivity contribution in [2.24, 2.45) is 0 Å². The van der Waals surface area contributed by atoms with Gasteiger partial charge in [-0.1, -0.05) is 48.5 Å². The highest BCUT2D eigenvalue weighted by Crippen LogP contribution is 2.23. The van der Waals surface area contributed by atoms with Crippen molar-refractivity contribution >= 4 is 16.7 Å². The average Bonchev–Trinajstić information content (AvgIpc) is 2.97. The summed E-state index contributed by atoms with van der Waals surface area (Å²) in [6, 6.07) is 30.3. The maximum absolute atomic E-state index is 12.9. The van der Waals surface area contributed by atoms with E-state index in [9.17, 15) is 4.79 Å². The van der Waals surface area contributed by atoms with Crippen molar-refractivity contribution in [1.82, 2.24) is 10.2 Å². The first-order valence-electron chi connectivity index (χ1n) is 13.6. The zero-order chi connectivity index (χ0) is 26.9. The summed E-state index contributed by atoms with van der Waals surface area (Å²) in [5.41, 5.74) is 3.09. The van der Waals surface area contributed by atoms with Gasteiger partial charge < -0.3 is 19.5 Å². The van der Waals surface area contributed by atoms with E-state index in [1.807, 2.05) is 48.5 Å². The van der Waals surface area contributed by atoms with Crippen LogP contribution in [0.4, 0.5) is 0 Å². The van der Waals surface area contributed by atoms with Gasteiger partial charge in [0, 0.05) is 38.3 Å². The summed E-state index contributed by atoms with van der Waals surface area (Å²) in [4.78, 5) is 15.4. The lowest BCUT2D eigenvalue weighted by atomic mass is 10.0. The molecule has 0 aromatic heterocycles. The summed E-state index contributed by atoms with van der Waals surface area (Å²) in [6.45, 7) is 4.60. The molecule has 5 rings (SSSR count). The summed E-state index contributed by atoms with van der Waals surface area (Å²) in [7, 11) is 1.68. The highest BCUT2D eigenvalue weighted by atomic mass is 16.5. The summed E-state index contributed by atoms with van der Waals surface area (Å²) < 4.78 is 16.6. The number of carbonyl (C=O) groups is 1. The van der Waals surface area contributed by atoms with E-state index in [1.165, 1.54) is 21.9 Å². The van der Waals surface area contributed by atoms with E-state index in [4.69, 9.17) is 14.2 Å². The molecule has 1 saturated heterocycles. The number of hydrogen-bond donors (Lipinski definition) is 1. The van der Waals surface area contributed by atoms with Crippen molar-refractivity contribution in [1.29, 1.82) is 0 Å². The number of rotatable bonds is 11. The van der Waals surface area contributed by atoms with Crippen LogP contribution in [0, 0.1) is 0 Å². The molecule has 1 aliphatic heterocycles. The van der Waals surface area contributed by atoms with Crippen LogP contribution in [0.3, 0.4) is 0 Å². The van der Waals surface area contributed by atoms with Crippen molar-refractivity contribution in [2.45, 2.75) is 32.0 Å². The molecule has 0 radical (unpaired) electrons. The lowest BCUT2D eigenvalue weighted by molar-refractivity contribution is 0.0617. The Kier molecular flexibility index (Phi) is 9.22. The molecule has 39 heavy (non-hydrogen) atoms. The van der Waals surface area contributed by atoms with Crippen LogP contribution in [-0.4, -0.2) is 50.3 Å². The molecule has 1 aliphatic rings. The zero-order valence-corrected chi connectivity index (χ0v) is 22.5. The molecule has 202 valence electrons. The fraction of sp³-hybridized carbons (Fsp3) is 0.303. The molecule has 1 amide bonds. The van der Waals surface area contributed by atoms with Gasteiger partial charge in [0.05, 0.1) is 19.8 Å². The third-order valence-electron chi connectivity index (χ3n) is 7.07. The molecule has 1 heterocycles. The third kappa shape index (κ3) is 7.67. The number of ether oxygens (including phenoxy) is 3. The molecule has 0 spiro atoms. The van der Waals surface area contributed by atoms with Gasteiger partial charge in [0.25, 0.3) is 5.91 Å². The molecule has 0 bridgehead atoms. The Morgan fingerprint density at radius 3 is 2.36 bits per heavy atom. The average molecular weight is 525 g/mol. The van der Waals surface area contributed by atoms with Crippen LogP contribution in [0.15, 0.2) is 91.0 Å². The highest BCUT2D eigenvalue weighted by Gasteiger charge is 2.21. The van der Waals surface area contributed by atoms with E-state index in [-0.39, 0.29) is 11.9 Å². The Bertz CT molecular complexity index is 1370. The number of methoxy groups -OCH3 is 1. The number of benzene rings is 4. The van der Waals surface area contributed by atoms with Crippen molar-refractivity contribution in [2.75, 3.05) is 33.4 Å². The second-order valence-electron chi connectivity index (χ2n) is 10.0. The Balaban J connectivity index is 1.11. The van der Waals surface area contributed by atoms with E-state index in [2.05, 4.69) is 46.6 Å². The summed E-state index contributed by atoms with van der Waals surface area (Å²) in [6.07, 6.45) is 1.87.